The van der Waals surface area contributed by atoms with E-state index in [-0.39, 0.29) is 11.3 Å². The second kappa shape index (κ2) is 3.34. The molecule has 1 saturated heterocycles. The van der Waals surface area contributed by atoms with Gasteiger partial charge in [-0.1, -0.05) is 13.8 Å². The van der Waals surface area contributed by atoms with E-state index in [0.29, 0.717) is 11.8 Å². The van der Waals surface area contributed by atoms with Gasteiger partial charge in [0.15, 0.2) is 9.84 Å². The molecular formula is C8H17NO2S. The van der Waals surface area contributed by atoms with Gasteiger partial charge in [0.05, 0.1) is 11.0 Å². The minimum atomic E-state index is -2.78. The highest BCUT2D eigenvalue weighted by molar-refractivity contribution is 7.92. The van der Waals surface area contributed by atoms with Gasteiger partial charge >= 0.3 is 0 Å². The molecule has 0 saturated carbocycles. The summed E-state index contributed by atoms with van der Waals surface area (Å²) in [6.45, 7) is 5.87. The zero-order chi connectivity index (χ0) is 9.35. The van der Waals surface area contributed by atoms with E-state index >= 15 is 0 Å². The van der Waals surface area contributed by atoms with Gasteiger partial charge in [-0.2, -0.15) is 0 Å². The molecule has 1 aliphatic heterocycles. The van der Waals surface area contributed by atoms with Crippen LogP contribution in [0.3, 0.4) is 0 Å². The van der Waals surface area contributed by atoms with Crippen LogP contribution in [-0.4, -0.2) is 31.5 Å². The van der Waals surface area contributed by atoms with E-state index in [2.05, 4.69) is 5.32 Å². The fraction of sp³-hybridized carbons (Fsp3) is 1.00. The predicted octanol–water partition coefficient (Wildman–Crippen LogP) is 0.560. The molecule has 72 valence electrons. The van der Waals surface area contributed by atoms with Gasteiger partial charge in [-0.3, -0.25) is 0 Å². The first-order valence-corrected chi connectivity index (χ1v) is 6.12. The van der Waals surface area contributed by atoms with Gasteiger partial charge < -0.3 is 5.32 Å². The van der Waals surface area contributed by atoms with Gasteiger partial charge in [0, 0.05) is 12.1 Å². The molecule has 1 N–H and O–H groups in total. The molecule has 1 heterocycles. The molecule has 4 heteroatoms. The smallest absolute Gasteiger partial charge is 0.154 e. The first kappa shape index (κ1) is 9.99. The Balaban J connectivity index is 2.62. The zero-order valence-electron chi connectivity index (χ0n) is 7.87. The van der Waals surface area contributed by atoms with Crippen LogP contribution in [0.15, 0.2) is 0 Å². The number of sulfone groups is 1. The van der Waals surface area contributed by atoms with Crippen LogP contribution in [0.1, 0.15) is 27.2 Å². The van der Waals surface area contributed by atoms with Crippen molar-refractivity contribution in [2.24, 2.45) is 0 Å². The first-order chi connectivity index (χ1) is 5.43. The summed E-state index contributed by atoms with van der Waals surface area (Å²) in [5.41, 5.74) is 0. The van der Waals surface area contributed by atoms with Crippen LogP contribution in [-0.2, 0) is 9.84 Å². The molecular weight excluding hydrogens is 174 g/mol. The van der Waals surface area contributed by atoms with Crippen molar-refractivity contribution in [1.82, 2.24) is 5.32 Å². The van der Waals surface area contributed by atoms with E-state index in [1.807, 2.05) is 13.8 Å². The molecule has 1 aliphatic rings. The van der Waals surface area contributed by atoms with Crippen molar-refractivity contribution in [3.63, 3.8) is 0 Å². The van der Waals surface area contributed by atoms with Crippen LogP contribution < -0.4 is 5.32 Å². The Bertz CT molecular complexity index is 246. The first-order valence-electron chi connectivity index (χ1n) is 4.41. The lowest BCUT2D eigenvalue weighted by Gasteiger charge is -2.18. The Kier molecular flexibility index (Phi) is 2.78. The Morgan fingerprint density at radius 1 is 1.42 bits per heavy atom. The van der Waals surface area contributed by atoms with Crippen LogP contribution in [0.2, 0.25) is 0 Å². The highest BCUT2D eigenvalue weighted by Gasteiger charge is 2.36. The third-order valence-electron chi connectivity index (χ3n) is 2.39. The number of rotatable bonds is 2. The second-order valence-corrected chi connectivity index (χ2v) is 6.27. The van der Waals surface area contributed by atoms with Gasteiger partial charge in [0.1, 0.15) is 0 Å². The summed E-state index contributed by atoms with van der Waals surface area (Å²) < 4.78 is 22.6. The lowest BCUT2D eigenvalue weighted by atomic mass is 10.1. The maximum absolute atomic E-state index is 11.3. The van der Waals surface area contributed by atoms with Crippen LogP contribution in [0, 0.1) is 0 Å². The SMILES string of the molecule is CC(C)NC1CCS(=O)(=O)C1C. The summed E-state index contributed by atoms with van der Waals surface area (Å²) >= 11 is 0. The third kappa shape index (κ3) is 1.98. The summed E-state index contributed by atoms with van der Waals surface area (Å²) in [7, 11) is -2.78. The lowest BCUT2D eigenvalue weighted by molar-refractivity contribution is 0.459. The topological polar surface area (TPSA) is 46.2 Å². The van der Waals surface area contributed by atoms with Gasteiger partial charge in [0.25, 0.3) is 0 Å². The minimum absolute atomic E-state index is 0.162. The molecule has 3 nitrogen and oxygen atoms in total. The molecule has 0 bridgehead atoms. The van der Waals surface area contributed by atoms with Gasteiger partial charge in [-0.15, -0.1) is 0 Å². The van der Waals surface area contributed by atoms with Crippen LogP contribution in [0.25, 0.3) is 0 Å². The number of nitrogens with one attached hydrogen (secondary N) is 1. The number of hydrogen-bond donors (Lipinski definition) is 1. The van der Waals surface area contributed by atoms with Gasteiger partial charge in [-0.05, 0) is 13.3 Å². The average molecular weight is 191 g/mol. The summed E-state index contributed by atoms with van der Waals surface area (Å²) in [5.74, 6) is 0.346. The average Bonchev–Trinajstić information content (AvgIpc) is 2.15. The minimum Gasteiger partial charge on any atom is -0.310 e. The van der Waals surface area contributed by atoms with Gasteiger partial charge in [0.2, 0.25) is 0 Å². The molecule has 2 unspecified atom stereocenters. The molecule has 1 rings (SSSR count). The predicted molar refractivity (Wildman–Crippen MR) is 49.9 cm³/mol. The van der Waals surface area contributed by atoms with Crippen LogP contribution >= 0.6 is 0 Å². The monoisotopic (exact) mass is 191 g/mol. The van der Waals surface area contributed by atoms with Crippen molar-refractivity contribution < 1.29 is 8.42 Å². The van der Waals surface area contributed by atoms with Gasteiger partial charge in [-0.25, -0.2) is 8.42 Å². The fourth-order valence-electron chi connectivity index (χ4n) is 1.61. The molecule has 0 spiro atoms. The highest BCUT2D eigenvalue weighted by Crippen LogP contribution is 2.20. The second-order valence-electron chi connectivity index (χ2n) is 3.79. The van der Waals surface area contributed by atoms with E-state index in [1.165, 1.54) is 0 Å². The standard InChI is InChI=1S/C8H17NO2S/c1-6(2)9-8-4-5-12(10,11)7(8)3/h6-9H,4-5H2,1-3H3. The highest BCUT2D eigenvalue weighted by atomic mass is 32.2. The quantitative estimate of drug-likeness (QED) is 0.693. The molecule has 0 radical (unpaired) electrons. The Morgan fingerprint density at radius 3 is 2.33 bits per heavy atom. The summed E-state index contributed by atoms with van der Waals surface area (Å²) in [6.07, 6.45) is 0.766. The van der Waals surface area contributed by atoms with Crippen molar-refractivity contribution in [1.29, 1.82) is 0 Å². The van der Waals surface area contributed by atoms with Crippen molar-refractivity contribution >= 4 is 9.84 Å². The summed E-state index contributed by atoms with van der Waals surface area (Å²) in [4.78, 5) is 0. The molecule has 0 aromatic rings. The van der Waals surface area contributed by atoms with Crippen molar-refractivity contribution in [3.8, 4) is 0 Å². The Morgan fingerprint density at radius 2 is 2.00 bits per heavy atom. The van der Waals surface area contributed by atoms with E-state index in [9.17, 15) is 8.42 Å². The molecule has 0 aliphatic carbocycles. The molecule has 0 amide bonds. The van der Waals surface area contributed by atoms with Crippen molar-refractivity contribution in [3.05, 3.63) is 0 Å². The lowest BCUT2D eigenvalue weighted by Crippen LogP contribution is -2.40. The summed E-state index contributed by atoms with van der Waals surface area (Å²) in [5, 5.41) is 3.06. The molecule has 0 aromatic heterocycles. The van der Waals surface area contributed by atoms with E-state index in [0.717, 1.165) is 6.42 Å². The third-order valence-corrected chi connectivity index (χ3v) is 4.66. The summed E-state index contributed by atoms with van der Waals surface area (Å²) in [6, 6.07) is 0.528. The normalized spacial score (nSPS) is 34.3. The maximum Gasteiger partial charge on any atom is 0.154 e. The maximum atomic E-state index is 11.3. The van der Waals surface area contributed by atoms with E-state index in [1.54, 1.807) is 6.92 Å². The van der Waals surface area contributed by atoms with Crippen molar-refractivity contribution in [2.45, 2.75) is 44.5 Å². The van der Waals surface area contributed by atoms with Crippen LogP contribution in [0.5, 0.6) is 0 Å². The molecule has 2 atom stereocenters. The van der Waals surface area contributed by atoms with E-state index in [4.69, 9.17) is 0 Å². The molecule has 1 fully saturated rings. The van der Waals surface area contributed by atoms with Crippen LogP contribution in [0.4, 0.5) is 0 Å². The largest absolute Gasteiger partial charge is 0.310 e. The van der Waals surface area contributed by atoms with E-state index < -0.39 is 9.84 Å². The fourth-order valence-corrected chi connectivity index (χ4v) is 3.28. The molecule has 12 heavy (non-hydrogen) atoms. The zero-order valence-corrected chi connectivity index (χ0v) is 8.69. The Labute approximate surface area is 74.5 Å². The molecule has 0 aromatic carbocycles. The number of hydrogen-bond acceptors (Lipinski definition) is 3. The Hall–Kier alpha value is -0.0900. The van der Waals surface area contributed by atoms with Crippen molar-refractivity contribution in [2.75, 3.05) is 5.75 Å².